The number of fused-ring (bicyclic) bond motifs is 2. The maximum atomic E-state index is 11.5. The number of carbonyl (C=O) groups is 1. The second-order valence-electron chi connectivity index (χ2n) is 11.8. The molecule has 204 valence electrons. The molecule has 7 heteroatoms. The summed E-state index contributed by atoms with van der Waals surface area (Å²) in [7, 11) is -0.444. The van der Waals surface area contributed by atoms with E-state index in [4.69, 9.17) is 9.16 Å². The molecular weight excluding hydrogens is 492 g/mol. The average molecular weight is 535 g/mol. The fourth-order valence-corrected chi connectivity index (χ4v) is 6.06. The van der Waals surface area contributed by atoms with E-state index in [1.165, 1.54) is 29.9 Å². The van der Waals surface area contributed by atoms with Crippen LogP contribution in [0.5, 0.6) is 5.75 Å². The van der Waals surface area contributed by atoms with Gasteiger partial charge in [-0.25, -0.2) is 4.79 Å². The van der Waals surface area contributed by atoms with Crippen LogP contribution in [0.2, 0.25) is 18.1 Å². The van der Waals surface area contributed by atoms with Crippen LogP contribution < -0.4 is 0 Å². The van der Waals surface area contributed by atoms with Crippen LogP contribution in [0.3, 0.4) is 0 Å². The number of H-pyrrole nitrogens is 1. The zero-order chi connectivity index (χ0) is 27.5. The van der Waals surface area contributed by atoms with Gasteiger partial charge in [0.25, 0.3) is 0 Å². The first kappa shape index (κ1) is 28.1. The molecule has 2 N–H and O–H groups in total. The number of aromatic nitrogens is 1. The fourth-order valence-electron chi connectivity index (χ4n) is 5.03. The van der Waals surface area contributed by atoms with Crippen molar-refractivity contribution in [1.82, 2.24) is 9.88 Å². The van der Waals surface area contributed by atoms with Gasteiger partial charge >= 0.3 is 5.97 Å². The highest BCUT2D eigenvalue weighted by atomic mass is 28.4. The molecule has 1 unspecified atom stereocenters. The summed E-state index contributed by atoms with van der Waals surface area (Å²) in [5.41, 5.74) is 5.98. The lowest BCUT2D eigenvalue weighted by Crippen LogP contribution is -2.43. The zero-order valence-electron chi connectivity index (χ0n) is 23.6. The number of aromatic amines is 1. The lowest BCUT2D eigenvalue weighted by Gasteiger charge is -2.37. The quantitative estimate of drug-likeness (QED) is 0.174. The number of ether oxygens (including phenoxy) is 1. The van der Waals surface area contributed by atoms with E-state index in [2.05, 4.69) is 68.1 Å². The molecule has 0 fully saturated rings. The van der Waals surface area contributed by atoms with Crippen LogP contribution in [0.4, 0.5) is 0 Å². The minimum atomic E-state index is -1.84. The summed E-state index contributed by atoms with van der Waals surface area (Å²) in [4.78, 5) is 17.4. The van der Waals surface area contributed by atoms with Gasteiger partial charge in [-0.05, 0) is 83.9 Å². The summed E-state index contributed by atoms with van der Waals surface area (Å²) in [6.45, 7) is 13.9. The van der Waals surface area contributed by atoms with Crippen molar-refractivity contribution in [3.05, 3.63) is 70.9 Å². The summed E-state index contributed by atoms with van der Waals surface area (Å²) in [5, 5.41) is 11.3. The van der Waals surface area contributed by atoms with Gasteiger partial charge in [0.1, 0.15) is 5.75 Å². The number of esters is 1. The van der Waals surface area contributed by atoms with Gasteiger partial charge in [0.05, 0.1) is 7.11 Å². The van der Waals surface area contributed by atoms with E-state index in [-0.39, 0.29) is 11.0 Å². The number of phenols is 1. The number of phenolic OH excluding ortho intramolecular Hbond substituents is 1. The highest BCUT2D eigenvalue weighted by Gasteiger charge is 2.37. The molecule has 0 radical (unpaired) electrons. The number of aromatic hydroxyl groups is 1. The molecule has 0 bridgehead atoms. The van der Waals surface area contributed by atoms with Gasteiger partial charge in [0.2, 0.25) is 0 Å². The molecule has 0 saturated heterocycles. The maximum Gasteiger partial charge on any atom is 0.330 e. The maximum absolute atomic E-state index is 11.5. The molecule has 4 rings (SSSR count). The Bertz CT molecular complexity index is 1300. The fraction of sp³-hybridized carbons (Fsp3) is 0.452. The summed E-state index contributed by atoms with van der Waals surface area (Å²) in [5.74, 6) is -0.0540. The van der Waals surface area contributed by atoms with Crippen molar-refractivity contribution in [2.45, 2.75) is 64.2 Å². The first-order valence-corrected chi connectivity index (χ1v) is 16.4. The Morgan fingerprint density at radius 1 is 1.18 bits per heavy atom. The predicted molar refractivity (Wildman–Crippen MR) is 157 cm³/mol. The van der Waals surface area contributed by atoms with E-state index in [9.17, 15) is 9.90 Å². The van der Waals surface area contributed by atoms with Crippen LogP contribution in [0.25, 0.3) is 17.0 Å². The van der Waals surface area contributed by atoms with Gasteiger partial charge < -0.3 is 19.3 Å². The number of rotatable bonds is 10. The minimum absolute atomic E-state index is 0.179. The van der Waals surface area contributed by atoms with Gasteiger partial charge in [0.15, 0.2) is 8.32 Å². The molecule has 0 saturated carbocycles. The van der Waals surface area contributed by atoms with E-state index in [0.717, 1.165) is 55.4 Å². The highest BCUT2D eigenvalue weighted by Crippen LogP contribution is 2.38. The standard InChI is InChI=1S/C31H42N2O4Si/c1-31(2,3)38(5,6)37-18-17-33(16-15-24-21-32-28-12-10-25(34)20-27(24)28)29-13-9-23-19-22(7-11-26(23)29)8-14-30(35)36-4/h7-8,10-12,14,19-21,29,32,34H,9,13,15-18H2,1-6H3. The summed E-state index contributed by atoms with van der Waals surface area (Å²) in [6.07, 6.45) is 8.31. The Hall–Kier alpha value is -2.87. The molecular formula is C31H42N2O4Si. The Morgan fingerprint density at radius 2 is 1.97 bits per heavy atom. The van der Waals surface area contributed by atoms with Gasteiger partial charge in [-0.3, -0.25) is 4.90 Å². The van der Waals surface area contributed by atoms with Crippen LogP contribution in [-0.4, -0.2) is 56.1 Å². The first-order chi connectivity index (χ1) is 18.0. The molecule has 0 amide bonds. The predicted octanol–water partition coefficient (Wildman–Crippen LogP) is 6.61. The second-order valence-corrected chi connectivity index (χ2v) is 16.6. The Balaban J connectivity index is 1.53. The molecule has 1 aromatic heterocycles. The van der Waals surface area contributed by atoms with Gasteiger partial charge in [-0.1, -0.05) is 39.0 Å². The number of benzene rings is 2. The van der Waals surface area contributed by atoms with E-state index in [0.29, 0.717) is 11.8 Å². The van der Waals surface area contributed by atoms with Crippen molar-refractivity contribution in [3.8, 4) is 5.75 Å². The SMILES string of the molecule is COC(=O)C=Cc1ccc2c(c1)CCC2N(CCO[Si](C)(C)C(C)(C)C)CCc1c[nH]c2ccc(O)cc12. The third-order valence-electron chi connectivity index (χ3n) is 8.33. The van der Waals surface area contributed by atoms with Gasteiger partial charge in [-0.2, -0.15) is 0 Å². The van der Waals surface area contributed by atoms with E-state index < -0.39 is 8.32 Å². The molecule has 1 heterocycles. The average Bonchev–Trinajstić information content (AvgIpc) is 3.47. The van der Waals surface area contributed by atoms with Crippen molar-refractivity contribution >= 4 is 31.3 Å². The molecule has 1 aliphatic carbocycles. The summed E-state index contributed by atoms with van der Waals surface area (Å²) >= 11 is 0. The molecule has 1 atom stereocenters. The third kappa shape index (κ3) is 6.39. The van der Waals surface area contributed by atoms with Gasteiger partial charge in [-0.15, -0.1) is 0 Å². The minimum Gasteiger partial charge on any atom is -0.508 e. The molecule has 0 aliphatic heterocycles. The highest BCUT2D eigenvalue weighted by molar-refractivity contribution is 6.74. The van der Waals surface area contributed by atoms with E-state index >= 15 is 0 Å². The van der Waals surface area contributed by atoms with Crippen molar-refractivity contribution in [2.24, 2.45) is 0 Å². The topological polar surface area (TPSA) is 74.8 Å². The van der Waals surface area contributed by atoms with Crippen molar-refractivity contribution in [3.63, 3.8) is 0 Å². The molecule has 2 aromatic carbocycles. The third-order valence-corrected chi connectivity index (χ3v) is 12.9. The van der Waals surface area contributed by atoms with Crippen molar-refractivity contribution in [2.75, 3.05) is 26.8 Å². The smallest absolute Gasteiger partial charge is 0.330 e. The Kier molecular flexibility index (Phi) is 8.50. The van der Waals surface area contributed by atoms with Crippen molar-refractivity contribution < 1.29 is 19.1 Å². The van der Waals surface area contributed by atoms with Crippen LogP contribution in [0, 0.1) is 0 Å². The lowest BCUT2D eigenvalue weighted by atomic mass is 10.0. The number of methoxy groups -OCH3 is 1. The summed E-state index contributed by atoms with van der Waals surface area (Å²) in [6, 6.07) is 12.3. The number of carbonyl (C=O) groups excluding carboxylic acids is 1. The Morgan fingerprint density at radius 3 is 2.71 bits per heavy atom. The molecule has 6 nitrogen and oxygen atoms in total. The van der Waals surface area contributed by atoms with E-state index in [1.54, 1.807) is 6.07 Å². The number of hydrogen-bond acceptors (Lipinski definition) is 5. The summed E-state index contributed by atoms with van der Waals surface area (Å²) < 4.78 is 11.3. The van der Waals surface area contributed by atoms with Crippen LogP contribution in [0.1, 0.15) is 55.5 Å². The molecule has 38 heavy (non-hydrogen) atoms. The number of nitrogens with one attached hydrogen (secondary N) is 1. The largest absolute Gasteiger partial charge is 0.508 e. The monoisotopic (exact) mass is 534 g/mol. The van der Waals surface area contributed by atoms with Crippen molar-refractivity contribution in [1.29, 1.82) is 0 Å². The van der Waals surface area contributed by atoms with Gasteiger partial charge in [0, 0.05) is 48.9 Å². The van der Waals surface area contributed by atoms with E-state index in [1.807, 2.05) is 18.2 Å². The zero-order valence-corrected chi connectivity index (χ0v) is 24.6. The number of hydrogen-bond donors (Lipinski definition) is 2. The molecule has 3 aromatic rings. The van der Waals surface area contributed by atoms with Crippen LogP contribution in [-0.2, 0) is 26.8 Å². The second kappa shape index (κ2) is 11.5. The number of nitrogens with zero attached hydrogens (tertiary/aromatic N) is 1. The normalized spacial score (nSPS) is 16.0. The first-order valence-electron chi connectivity index (χ1n) is 13.5. The molecule has 1 aliphatic rings. The lowest BCUT2D eigenvalue weighted by molar-refractivity contribution is -0.134. The van der Waals surface area contributed by atoms with Crippen LogP contribution >= 0.6 is 0 Å². The van der Waals surface area contributed by atoms with Crippen LogP contribution in [0.15, 0.2) is 48.7 Å². The Labute approximate surface area is 227 Å². The number of aryl methyl sites for hydroxylation is 1. The molecule has 0 spiro atoms.